The molecule has 122 valence electrons. The molecule has 0 atom stereocenters. The monoisotopic (exact) mass is 352 g/mol. The van der Waals surface area contributed by atoms with Gasteiger partial charge in [-0.1, -0.05) is 24.4 Å². The third-order valence-corrected chi connectivity index (χ3v) is 5.06. The zero-order valence-corrected chi connectivity index (χ0v) is 14.2. The highest BCUT2D eigenvalue weighted by atomic mass is 35.5. The van der Waals surface area contributed by atoms with E-state index in [4.69, 9.17) is 16.3 Å². The predicted molar refractivity (Wildman–Crippen MR) is 93.1 cm³/mol. The smallest absolute Gasteiger partial charge is 0.264 e. The fourth-order valence-corrected chi connectivity index (χ4v) is 3.78. The quantitative estimate of drug-likeness (QED) is 0.816. The second-order valence-corrected chi connectivity index (χ2v) is 6.93. The lowest BCUT2D eigenvalue weighted by Gasteiger charge is -2.06. The maximum atomic E-state index is 12.1. The Kier molecular flexibility index (Phi) is 4.82. The molecule has 2 aliphatic rings. The summed E-state index contributed by atoms with van der Waals surface area (Å²) in [5.74, 6) is -0.00848. The molecule has 1 amide bonds. The molecule has 2 fully saturated rings. The van der Waals surface area contributed by atoms with E-state index in [0.717, 1.165) is 12.8 Å². The molecule has 1 aliphatic heterocycles. The van der Waals surface area contributed by atoms with Gasteiger partial charge in [-0.25, -0.2) is 0 Å². The molecule has 1 saturated heterocycles. The fraction of sp³-hybridized carbons (Fsp3) is 0.375. The number of thioether (sulfide) groups is 1. The van der Waals surface area contributed by atoms with Gasteiger partial charge in [-0.2, -0.15) is 0 Å². The van der Waals surface area contributed by atoms with Crippen LogP contribution in [0.4, 0.5) is 0 Å². The van der Waals surface area contributed by atoms with Crippen LogP contribution in [0.5, 0.6) is 11.5 Å². The van der Waals surface area contributed by atoms with Crippen LogP contribution in [-0.2, 0) is 4.79 Å². The van der Waals surface area contributed by atoms with Gasteiger partial charge in [0.25, 0.3) is 5.91 Å². The van der Waals surface area contributed by atoms with Crippen molar-refractivity contribution in [1.29, 1.82) is 0 Å². The Balaban J connectivity index is 1.82. The Labute approximate surface area is 143 Å². The maximum absolute atomic E-state index is 12.1. The summed E-state index contributed by atoms with van der Waals surface area (Å²) in [6, 6.07) is 3.54. The van der Waals surface area contributed by atoms with E-state index in [2.05, 4.69) is 10.3 Å². The molecule has 1 aromatic carbocycles. The molecule has 1 aliphatic carbocycles. The van der Waals surface area contributed by atoms with Gasteiger partial charge in [0.15, 0.2) is 16.7 Å². The van der Waals surface area contributed by atoms with Crippen molar-refractivity contribution >= 4 is 40.5 Å². The van der Waals surface area contributed by atoms with E-state index in [9.17, 15) is 9.90 Å². The number of nitrogens with zero attached hydrogens (tertiary/aromatic N) is 1. The zero-order valence-electron chi connectivity index (χ0n) is 12.6. The molecular weight excluding hydrogens is 336 g/mol. The number of halogens is 1. The standard InChI is InChI=1S/C16H17ClN2O3S/c1-22-12-7-9(6-11(17)14(12)20)8-13-15(21)19-16(23-13)18-10-4-2-3-5-10/h6-8,10,20H,2-5H2,1H3,(H,18,19,21)/b13-8+. The number of aromatic hydroxyl groups is 1. The van der Waals surface area contributed by atoms with Gasteiger partial charge < -0.3 is 15.2 Å². The second-order valence-electron chi connectivity index (χ2n) is 5.49. The molecule has 2 N–H and O–H groups in total. The zero-order chi connectivity index (χ0) is 16.4. The van der Waals surface area contributed by atoms with Crippen molar-refractivity contribution in [3.8, 4) is 11.5 Å². The topological polar surface area (TPSA) is 70.9 Å². The highest BCUT2D eigenvalue weighted by molar-refractivity contribution is 8.18. The molecule has 3 rings (SSSR count). The van der Waals surface area contributed by atoms with E-state index in [-0.39, 0.29) is 22.4 Å². The Bertz CT molecular complexity index is 697. The first-order valence-electron chi connectivity index (χ1n) is 7.42. The number of hydrogen-bond donors (Lipinski definition) is 2. The van der Waals surface area contributed by atoms with Gasteiger partial charge in [0.2, 0.25) is 0 Å². The summed E-state index contributed by atoms with van der Waals surface area (Å²) in [5, 5.41) is 13.4. The molecule has 1 heterocycles. The third-order valence-electron chi connectivity index (χ3n) is 3.84. The first-order chi connectivity index (χ1) is 11.1. The first kappa shape index (κ1) is 16.2. The molecule has 1 aromatic rings. The number of ether oxygens (including phenoxy) is 1. The van der Waals surface area contributed by atoms with Gasteiger partial charge in [0.05, 0.1) is 23.1 Å². The molecule has 7 heteroatoms. The van der Waals surface area contributed by atoms with Crippen molar-refractivity contribution in [2.24, 2.45) is 4.99 Å². The van der Waals surface area contributed by atoms with Crippen molar-refractivity contribution in [1.82, 2.24) is 5.32 Å². The minimum atomic E-state index is -0.171. The molecule has 0 spiro atoms. The van der Waals surface area contributed by atoms with Crippen molar-refractivity contribution < 1.29 is 14.6 Å². The number of phenols is 1. The van der Waals surface area contributed by atoms with Crippen LogP contribution in [0.25, 0.3) is 6.08 Å². The van der Waals surface area contributed by atoms with Crippen molar-refractivity contribution in [2.45, 2.75) is 31.7 Å². The minimum Gasteiger partial charge on any atom is -0.503 e. The molecule has 0 unspecified atom stereocenters. The summed E-state index contributed by atoms with van der Waals surface area (Å²) in [4.78, 5) is 17.2. The molecule has 0 aromatic heterocycles. The van der Waals surface area contributed by atoms with Crippen LogP contribution in [0.1, 0.15) is 31.2 Å². The molecule has 1 saturated carbocycles. The van der Waals surface area contributed by atoms with Crippen LogP contribution < -0.4 is 10.1 Å². The number of carbonyl (C=O) groups excluding carboxylic acids is 1. The van der Waals surface area contributed by atoms with Crippen molar-refractivity contribution in [3.05, 3.63) is 27.6 Å². The van der Waals surface area contributed by atoms with E-state index in [0.29, 0.717) is 21.7 Å². The number of amidine groups is 1. The summed E-state index contributed by atoms with van der Waals surface area (Å²) < 4.78 is 5.07. The van der Waals surface area contributed by atoms with Crippen LogP contribution in [0.2, 0.25) is 5.02 Å². The number of rotatable bonds is 3. The molecule has 0 bridgehead atoms. The van der Waals surface area contributed by atoms with Crippen molar-refractivity contribution in [2.75, 3.05) is 7.11 Å². The SMILES string of the molecule is COc1cc(/C=C2/SC(=NC3CCCC3)NC2=O)cc(Cl)c1O. The van der Waals surface area contributed by atoms with Gasteiger partial charge in [-0.3, -0.25) is 9.79 Å². The van der Waals surface area contributed by atoms with Gasteiger partial charge >= 0.3 is 0 Å². The van der Waals surface area contributed by atoms with Crippen LogP contribution in [0, 0.1) is 0 Å². The summed E-state index contributed by atoms with van der Waals surface area (Å²) in [6.07, 6.45) is 6.29. The average Bonchev–Trinajstić information content (AvgIpc) is 3.13. The fourth-order valence-electron chi connectivity index (χ4n) is 2.67. The summed E-state index contributed by atoms with van der Waals surface area (Å²) >= 11 is 7.30. The predicted octanol–water partition coefficient (Wildman–Crippen LogP) is 3.56. The maximum Gasteiger partial charge on any atom is 0.264 e. The number of aliphatic imine (C=N–C) groups is 1. The molecule has 23 heavy (non-hydrogen) atoms. The average molecular weight is 353 g/mol. The molecule has 0 radical (unpaired) electrons. The largest absolute Gasteiger partial charge is 0.503 e. The van der Waals surface area contributed by atoms with Crippen LogP contribution in [-0.4, -0.2) is 29.3 Å². The van der Waals surface area contributed by atoms with Crippen LogP contribution in [0.3, 0.4) is 0 Å². The van der Waals surface area contributed by atoms with E-state index in [1.807, 2.05) is 0 Å². The molecular formula is C16H17ClN2O3S. The third kappa shape index (κ3) is 3.64. The number of nitrogens with one attached hydrogen (secondary N) is 1. The highest BCUT2D eigenvalue weighted by Gasteiger charge is 2.25. The highest BCUT2D eigenvalue weighted by Crippen LogP contribution is 2.37. The lowest BCUT2D eigenvalue weighted by Crippen LogP contribution is -2.21. The minimum absolute atomic E-state index is 0.108. The van der Waals surface area contributed by atoms with E-state index in [1.54, 1.807) is 18.2 Å². The Morgan fingerprint density at radius 1 is 1.43 bits per heavy atom. The number of carbonyl (C=O) groups is 1. The number of amides is 1. The van der Waals surface area contributed by atoms with E-state index < -0.39 is 0 Å². The summed E-state index contributed by atoms with van der Waals surface area (Å²) in [7, 11) is 1.45. The number of methoxy groups -OCH3 is 1. The van der Waals surface area contributed by atoms with E-state index in [1.165, 1.54) is 31.7 Å². The van der Waals surface area contributed by atoms with Gasteiger partial charge in [-0.15, -0.1) is 0 Å². The second kappa shape index (κ2) is 6.84. The molecule has 5 nitrogen and oxygen atoms in total. The number of benzene rings is 1. The summed E-state index contributed by atoms with van der Waals surface area (Å²) in [6.45, 7) is 0. The van der Waals surface area contributed by atoms with E-state index >= 15 is 0 Å². The van der Waals surface area contributed by atoms with Crippen LogP contribution >= 0.6 is 23.4 Å². The lowest BCUT2D eigenvalue weighted by molar-refractivity contribution is -0.115. The Hall–Kier alpha value is -1.66. The van der Waals surface area contributed by atoms with Gasteiger partial charge in [0, 0.05) is 0 Å². The van der Waals surface area contributed by atoms with Gasteiger partial charge in [-0.05, 0) is 48.4 Å². The lowest BCUT2D eigenvalue weighted by atomic mass is 10.2. The Morgan fingerprint density at radius 2 is 2.17 bits per heavy atom. The van der Waals surface area contributed by atoms with Crippen molar-refractivity contribution in [3.63, 3.8) is 0 Å². The first-order valence-corrected chi connectivity index (χ1v) is 8.61. The number of hydrogen-bond acceptors (Lipinski definition) is 5. The Morgan fingerprint density at radius 3 is 2.87 bits per heavy atom. The summed E-state index contributed by atoms with van der Waals surface area (Å²) in [5.41, 5.74) is 0.685. The van der Waals surface area contributed by atoms with Gasteiger partial charge in [0.1, 0.15) is 0 Å². The van der Waals surface area contributed by atoms with Crippen LogP contribution in [0.15, 0.2) is 22.0 Å². The number of phenolic OH excluding ortho intramolecular Hbond substituents is 1. The normalized spacial score (nSPS) is 22.1.